The molecule has 0 aliphatic carbocycles. The molecule has 0 aromatic heterocycles. The summed E-state index contributed by atoms with van der Waals surface area (Å²) in [6, 6.07) is 11.0. The number of benzene rings is 2. The Balaban J connectivity index is 2.23. The average molecular weight is 367 g/mol. The van der Waals surface area contributed by atoms with Crippen LogP contribution in [0, 0.1) is 6.92 Å². The molecule has 1 aliphatic rings. The van der Waals surface area contributed by atoms with Crippen LogP contribution in [-0.4, -0.2) is 38.6 Å². The van der Waals surface area contributed by atoms with Crippen LogP contribution < -0.4 is 14.5 Å². The van der Waals surface area contributed by atoms with E-state index in [1.165, 1.54) is 16.9 Å². The molecule has 0 amide bonds. The van der Waals surface area contributed by atoms with Crippen molar-refractivity contribution in [1.29, 1.82) is 0 Å². The molecule has 0 saturated heterocycles. The molecule has 0 atom stereocenters. The Morgan fingerprint density at radius 2 is 1.52 bits per heavy atom. The molecule has 4 nitrogen and oxygen atoms in total. The van der Waals surface area contributed by atoms with Gasteiger partial charge >= 0.3 is 0 Å². The molecular formula is C23H30N2O2. The molecule has 1 aliphatic heterocycles. The van der Waals surface area contributed by atoms with E-state index in [0.29, 0.717) is 17.6 Å². The molecule has 0 fully saturated rings. The van der Waals surface area contributed by atoms with Crippen molar-refractivity contribution in [2.45, 2.75) is 46.7 Å². The number of ether oxygens (including phenoxy) is 1. The maximum absolute atomic E-state index is 11.3. The number of hydrogen-bond acceptors (Lipinski definition) is 4. The number of carbonyl (C=O) groups excluding carboxylic acids is 1. The number of fused-ring (bicyclic) bond motifs is 1. The van der Waals surface area contributed by atoms with Gasteiger partial charge in [-0.25, -0.2) is 0 Å². The predicted octanol–water partition coefficient (Wildman–Crippen LogP) is 4.93. The lowest BCUT2D eigenvalue weighted by Gasteiger charge is -2.43. The molecule has 27 heavy (non-hydrogen) atoms. The monoisotopic (exact) mass is 366 g/mol. The summed E-state index contributed by atoms with van der Waals surface area (Å²) in [7, 11) is 1.67. The molecule has 0 bridgehead atoms. The molecule has 4 heteroatoms. The Kier molecular flexibility index (Phi) is 5.45. The molecule has 0 spiro atoms. The summed E-state index contributed by atoms with van der Waals surface area (Å²) in [6.07, 6.45) is 0.887. The molecular weight excluding hydrogens is 336 g/mol. The minimum absolute atomic E-state index is 0.428. The number of carbonyl (C=O) groups is 1. The molecule has 1 heterocycles. The van der Waals surface area contributed by atoms with Crippen molar-refractivity contribution >= 4 is 17.7 Å². The smallest absolute Gasteiger partial charge is 0.150 e. The molecule has 0 saturated carbocycles. The van der Waals surface area contributed by atoms with Gasteiger partial charge in [-0.1, -0.05) is 0 Å². The Hall–Kier alpha value is -2.49. The maximum atomic E-state index is 11.3. The molecule has 2 aromatic rings. The first-order chi connectivity index (χ1) is 12.9. The normalized spacial score (nSPS) is 13.9. The third-order valence-corrected chi connectivity index (χ3v) is 5.42. The quantitative estimate of drug-likeness (QED) is 0.703. The molecule has 0 unspecified atom stereocenters. The summed E-state index contributed by atoms with van der Waals surface area (Å²) in [5, 5.41) is 0. The number of hydrogen-bond donors (Lipinski definition) is 0. The zero-order valence-electron chi connectivity index (χ0n) is 17.2. The molecule has 2 aromatic carbocycles. The van der Waals surface area contributed by atoms with E-state index in [1.54, 1.807) is 13.2 Å². The third-order valence-electron chi connectivity index (χ3n) is 5.42. The fraction of sp³-hybridized carbons (Fsp3) is 0.435. The zero-order valence-corrected chi connectivity index (χ0v) is 17.2. The van der Waals surface area contributed by atoms with E-state index >= 15 is 0 Å². The van der Waals surface area contributed by atoms with Crippen molar-refractivity contribution in [3.63, 3.8) is 0 Å². The van der Waals surface area contributed by atoms with Gasteiger partial charge in [-0.05, 0) is 76.1 Å². The van der Waals surface area contributed by atoms with Gasteiger partial charge in [0, 0.05) is 36.3 Å². The summed E-state index contributed by atoms with van der Waals surface area (Å²) >= 11 is 0. The van der Waals surface area contributed by atoms with E-state index in [0.717, 1.165) is 36.3 Å². The lowest BCUT2D eigenvalue weighted by molar-refractivity contribution is 0.112. The number of anilines is 2. The molecule has 144 valence electrons. The largest absolute Gasteiger partial charge is 0.496 e. The Labute approximate surface area is 162 Å². The van der Waals surface area contributed by atoms with E-state index in [9.17, 15) is 4.79 Å². The van der Waals surface area contributed by atoms with Crippen LogP contribution in [0.4, 0.5) is 11.4 Å². The van der Waals surface area contributed by atoms with Crippen molar-refractivity contribution in [3.05, 3.63) is 41.5 Å². The van der Waals surface area contributed by atoms with Gasteiger partial charge in [0.1, 0.15) is 12.0 Å². The minimum atomic E-state index is 0.428. The topological polar surface area (TPSA) is 32.8 Å². The van der Waals surface area contributed by atoms with E-state index in [4.69, 9.17) is 4.74 Å². The van der Waals surface area contributed by atoms with Crippen LogP contribution in [0.25, 0.3) is 11.1 Å². The second kappa shape index (κ2) is 7.63. The number of rotatable bonds is 5. The summed E-state index contributed by atoms with van der Waals surface area (Å²) < 4.78 is 5.59. The van der Waals surface area contributed by atoms with Crippen molar-refractivity contribution in [1.82, 2.24) is 0 Å². The second-order valence-electron chi connectivity index (χ2n) is 7.81. The van der Waals surface area contributed by atoms with Crippen LogP contribution in [0.5, 0.6) is 5.75 Å². The van der Waals surface area contributed by atoms with Gasteiger partial charge in [0.15, 0.2) is 0 Å². The van der Waals surface area contributed by atoms with Gasteiger partial charge in [0.25, 0.3) is 0 Å². The van der Waals surface area contributed by atoms with Crippen molar-refractivity contribution < 1.29 is 9.53 Å². The summed E-state index contributed by atoms with van der Waals surface area (Å²) in [4.78, 5) is 16.3. The van der Waals surface area contributed by atoms with Gasteiger partial charge in [-0.15, -0.1) is 0 Å². The average Bonchev–Trinajstić information content (AvgIpc) is 2.65. The highest BCUT2D eigenvalue weighted by molar-refractivity contribution is 5.87. The van der Waals surface area contributed by atoms with Crippen LogP contribution in [0.15, 0.2) is 30.3 Å². The van der Waals surface area contributed by atoms with E-state index in [1.807, 2.05) is 12.1 Å². The van der Waals surface area contributed by atoms with E-state index < -0.39 is 0 Å². The Morgan fingerprint density at radius 3 is 2.04 bits per heavy atom. The second-order valence-corrected chi connectivity index (χ2v) is 7.81. The fourth-order valence-electron chi connectivity index (χ4n) is 3.97. The van der Waals surface area contributed by atoms with Gasteiger partial charge < -0.3 is 14.5 Å². The number of nitrogens with zero attached hydrogens (tertiary/aromatic N) is 2. The summed E-state index contributed by atoms with van der Waals surface area (Å²) in [5.74, 6) is 0.788. The van der Waals surface area contributed by atoms with E-state index in [2.05, 4.69) is 56.6 Å². The SMILES string of the molecule is COc1ccc(C=O)cc1-c1cc2c(cc1C)N(C(C)C)CCN2C(C)C. The predicted molar refractivity (Wildman–Crippen MR) is 114 cm³/mol. The fourth-order valence-corrected chi connectivity index (χ4v) is 3.97. The highest BCUT2D eigenvalue weighted by Crippen LogP contribution is 2.42. The Morgan fingerprint density at radius 1 is 0.926 bits per heavy atom. The lowest BCUT2D eigenvalue weighted by atomic mass is 9.94. The van der Waals surface area contributed by atoms with Gasteiger partial charge in [0.05, 0.1) is 18.5 Å². The summed E-state index contributed by atoms with van der Waals surface area (Å²) in [6.45, 7) is 13.1. The first kappa shape index (κ1) is 19.3. The summed E-state index contributed by atoms with van der Waals surface area (Å²) in [5.41, 5.74) is 6.47. The Bertz CT molecular complexity index is 843. The maximum Gasteiger partial charge on any atom is 0.150 e. The van der Waals surface area contributed by atoms with Gasteiger partial charge in [-0.3, -0.25) is 4.79 Å². The van der Waals surface area contributed by atoms with Crippen LogP contribution in [0.3, 0.4) is 0 Å². The molecule has 3 rings (SSSR count). The van der Waals surface area contributed by atoms with Crippen LogP contribution in [0.2, 0.25) is 0 Å². The van der Waals surface area contributed by atoms with E-state index in [-0.39, 0.29) is 0 Å². The van der Waals surface area contributed by atoms with Gasteiger partial charge in [0.2, 0.25) is 0 Å². The first-order valence-electron chi connectivity index (χ1n) is 9.68. The number of methoxy groups -OCH3 is 1. The standard InChI is InChI=1S/C23H30N2O2/c1-15(2)24-9-10-25(16(3)4)22-13-19(17(5)11-21(22)24)20-12-18(14-26)7-8-23(20)27-6/h7-8,11-16H,9-10H2,1-6H3. The zero-order chi connectivity index (χ0) is 19.7. The van der Waals surface area contributed by atoms with Crippen molar-refractivity contribution in [2.75, 3.05) is 30.0 Å². The highest BCUT2D eigenvalue weighted by Gasteiger charge is 2.27. The number of aryl methyl sites for hydroxylation is 1. The minimum Gasteiger partial charge on any atom is -0.496 e. The van der Waals surface area contributed by atoms with Gasteiger partial charge in [-0.2, -0.15) is 0 Å². The molecule has 0 radical (unpaired) electrons. The van der Waals surface area contributed by atoms with Crippen molar-refractivity contribution in [2.24, 2.45) is 0 Å². The van der Waals surface area contributed by atoms with Crippen molar-refractivity contribution in [3.8, 4) is 16.9 Å². The van der Waals surface area contributed by atoms with Crippen LogP contribution in [-0.2, 0) is 0 Å². The lowest BCUT2D eigenvalue weighted by Crippen LogP contribution is -2.46. The highest BCUT2D eigenvalue weighted by atomic mass is 16.5. The van der Waals surface area contributed by atoms with Crippen LogP contribution in [0.1, 0.15) is 43.6 Å². The molecule has 0 N–H and O–H groups in total. The number of aldehydes is 1. The third kappa shape index (κ3) is 3.53. The van der Waals surface area contributed by atoms with Crippen LogP contribution >= 0.6 is 0 Å². The first-order valence-corrected chi connectivity index (χ1v) is 9.68.